The van der Waals surface area contributed by atoms with E-state index in [1.165, 1.54) is 9.81 Å². The first-order valence-electron chi connectivity index (χ1n) is 3.55. The van der Waals surface area contributed by atoms with Gasteiger partial charge < -0.3 is 0 Å². The van der Waals surface area contributed by atoms with Crippen LogP contribution in [0.1, 0.15) is 44.6 Å². The molecular formula is C16H30S2Sn2. The van der Waals surface area contributed by atoms with Crippen LogP contribution in [0, 0.1) is 10.4 Å². The van der Waals surface area contributed by atoms with E-state index in [4.69, 9.17) is 0 Å². The molecule has 2 heterocycles. The van der Waals surface area contributed by atoms with E-state index < -0.39 is 0 Å². The quantitative estimate of drug-likeness (QED) is 0.352. The van der Waals surface area contributed by atoms with Gasteiger partial charge in [0.25, 0.3) is 0 Å². The molecule has 0 spiro atoms. The standard InChI is InChI=1S/C10H6S2.6CH4.2Sn/c1-3-9(11-7-1)5-6-10-4-2-8-12-10;;;;;;;;/h1-6H;6*1H4;;. The summed E-state index contributed by atoms with van der Waals surface area (Å²) in [5.74, 6) is 0. The van der Waals surface area contributed by atoms with Crippen molar-refractivity contribution in [3.8, 4) is 10.4 Å². The molecule has 114 valence electrons. The van der Waals surface area contributed by atoms with Crippen LogP contribution in [0.5, 0.6) is 0 Å². The Balaban J connectivity index is -0.0000000422. The second-order valence-electron chi connectivity index (χ2n) is 2.24. The molecule has 0 aromatic rings. The van der Waals surface area contributed by atoms with Crippen molar-refractivity contribution >= 4 is 70.2 Å². The summed E-state index contributed by atoms with van der Waals surface area (Å²) in [6, 6.07) is 0. The van der Waals surface area contributed by atoms with Crippen LogP contribution in [0.4, 0.5) is 0 Å². The van der Waals surface area contributed by atoms with E-state index in [1.807, 2.05) is 12.2 Å². The maximum absolute atomic E-state index is 3.05. The molecule has 0 saturated carbocycles. The van der Waals surface area contributed by atoms with Crippen molar-refractivity contribution in [3.63, 3.8) is 0 Å². The molecule has 0 nitrogen and oxygen atoms in total. The second-order valence-corrected chi connectivity index (χ2v) is 4.07. The van der Waals surface area contributed by atoms with Gasteiger partial charge >= 0.3 is 0 Å². The molecule has 0 saturated heterocycles. The third-order valence-corrected chi connectivity index (χ3v) is 2.92. The number of hydrogen-bond donors (Lipinski definition) is 0. The smallest absolute Gasteiger partial charge is 0.0361 e. The molecule has 0 fully saturated rings. The fourth-order valence-corrected chi connectivity index (χ4v) is 1.94. The molecule has 2 aliphatic heterocycles. The van der Waals surface area contributed by atoms with Gasteiger partial charge in [0.05, 0.1) is 0 Å². The maximum Gasteiger partial charge on any atom is 0.0361 e. The van der Waals surface area contributed by atoms with E-state index in [9.17, 15) is 0 Å². The summed E-state index contributed by atoms with van der Waals surface area (Å²) >= 11 is 3.25. The number of allylic oxidation sites excluding steroid dienone is 6. The molecule has 0 bridgehead atoms. The average molecular weight is 524 g/mol. The van der Waals surface area contributed by atoms with Crippen LogP contribution < -0.4 is 0 Å². The normalized spacial score (nSPS) is 14.4. The second kappa shape index (κ2) is 24.6. The fourth-order valence-electron chi connectivity index (χ4n) is 0.848. The molecule has 2 rings (SSSR count). The minimum Gasteiger partial charge on any atom is -0.0930 e. The molecule has 0 amide bonds. The fraction of sp³-hybridized carbons (Fsp3) is 0.375. The molecule has 4 heteroatoms. The minimum absolute atomic E-state index is 0. The zero-order chi connectivity index (χ0) is 8.23. The molecule has 20 heavy (non-hydrogen) atoms. The van der Waals surface area contributed by atoms with Crippen LogP contribution in [0.2, 0.25) is 0 Å². The predicted octanol–water partition coefficient (Wildman–Crippen LogP) is 6.33. The van der Waals surface area contributed by atoms with Gasteiger partial charge in [0, 0.05) is 57.6 Å². The topological polar surface area (TPSA) is 0 Å². The van der Waals surface area contributed by atoms with Crippen LogP contribution in [-0.2, 0) is 0 Å². The third-order valence-electron chi connectivity index (χ3n) is 1.40. The molecule has 0 aliphatic carbocycles. The van der Waals surface area contributed by atoms with Crippen LogP contribution in [-0.4, -0.2) is 47.8 Å². The largest absolute Gasteiger partial charge is 0.0930 e. The van der Waals surface area contributed by atoms with Gasteiger partial charge in [0.2, 0.25) is 0 Å². The molecular weight excluding hydrogens is 494 g/mol. The van der Waals surface area contributed by atoms with E-state index in [1.54, 1.807) is 22.3 Å². The Hall–Kier alpha value is 0.557. The van der Waals surface area contributed by atoms with Crippen LogP contribution >= 0.6 is 22.3 Å². The van der Waals surface area contributed by atoms with Crippen molar-refractivity contribution in [1.82, 2.24) is 0 Å². The summed E-state index contributed by atoms with van der Waals surface area (Å²) in [6.07, 6.45) is 12.2. The van der Waals surface area contributed by atoms with Gasteiger partial charge in [-0.15, -0.1) is 0 Å². The Labute approximate surface area is 170 Å². The predicted molar refractivity (Wildman–Crippen MR) is 109 cm³/mol. The van der Waals surface area contributed by atoms with Gasteiger partial charge in [-0.2, -0.15) is 0 Å². The summed E-state index contributed by atoms with van der Waals surface area (Å²) in [5, 5.41) is 6.09. The first-order valence-corrected chi connectivity index (χ1v) is 5.18. The Bertz CT molecular complexity index is 406. The molecule has 0 aromatic carbocycles. The average Bonchev–Trinajstić information content (AvgIpc) is 2.74. The zero-order valence-electron chi connectivity index (χ0n) is 7.28. The molecule has 8 radical (unpaired) electrons. The Morgan fingerprint density at radius 3 is 1.15 bits per heavy atom. The zero-order valence-corrected chi connectivity index (χ0v) is 14.6. The monoisotopic (exact) mass is 526 g/mol. The molecule has 0 unspecified atom stereocenters. The molecule has 0 atom stereocenters. The third kappa shape index (κ3) is 15.0. The summed E-state index contributed by atoms with van der Waals surface area (Å²) < 4.78 is 0. The van der Waals surface area contributed by atoms with Crippen molar-refractivity contribution in [2.45, 2.75) is 44.6 Å². The Morgan fingerprint density at radius 1 is 0.650 bits per heavy atom. The molecule has 0 aromatic heterocycles. The van der Waals surface area contributed by atoms with E-state index >= 15 is 0 Å². The number of hydrogen-bond acceptors (Lipinski definition) is 0. The maximum atomic E-state index is 3.05. The first kappa shape index (κ1) is 42.8. The Kier molecular flexibility index (Phi) is 52.5. The molecule has 2 aliphatic rings. The summed E-state index contributed by atoms with van der Waals surface area (Å²) in [6.45, 7) is 0. The van der Waals surface area contributed by atoms with Crippen molar-refractivity contribution in [1.29, 1.82) is 0 Å². The summed E-state index contributed by atoms with van der Waals surface area (Å²) in [5.41, 5.74) is 0. The van der Waals surface area contributed by atoms with E-state index in [2.05, 4.69) is 34.7 Å². The van der Waals surface area contributed by atoms with Gasteiger partial charge in [0.1, 0.15) is 0 Å². The van der Waals surface area contributed by atoms with Crippen molar-refractivity contribution < 1.29 is 0 Å². The van der Waals surface area contributed by atoms with Gasteiger partial charge in [-0.3, -0.25) is 0 Å². The summed E-state index contributed by atoms with van der Waals surface area (Å²) in [4.78, 5) is 2.48. The van der Waals surface area contributed by atoms with Crippen LogP contribution in [0.15, 0.2) is 46.3 Å². The van der Waals surface area contributed by atoms with Gasteiger partial charge in [-0.25, -0.2) is 0 Å². The van der Waals surface area contributed by atoms with Gasteiger partial charge in [-0.1, -0.05) is 77.3 Å². The van der Waals surface area contributed by atoms with Crippen molar-refractivity contribution in [2.75, 3.05) is 0 Å². The van der Waals surface area contributed by atoms with E-state index in [0.717, 1.165) is 0 Å². The molecule has 0 N–H and O–H groups in total. The number of rotatable bonds is 1. The van der Waals surface area contributed by atoms with Crippen molar-refractivity contribution in [3.05, 3.63) is 46.3 Å². The SMILES string of the molecule is C.C.C.C.C.C.C1#SC(=CC=C2C=CC#S2)C=C1.[Sn].[Sn]. The van der Waals surface area contributed by atoms with E-state index in [-0.39, 0.29) is 92.4 Å². The first-order chi connectivity index (χ1) is 5.95. The Morgan fingerprint density at radius 2 is 0.950 bits per heavy atom. The minimum atomic E-state index is 0. The van der Waals surface area contributed by atoms with E-state index in [0.29, 0.717) is 0 Å². The van der Waals surface area contributed by atoms with Crippen LogP contribution in [0.3, 0.4) is 0 Å². The van der Waals surface area contributed by atoms with Crippen molar-refractivity contribution in [2.24, 2.45) is 0 Å². The van der Waals surface area contributed by atoms with Crippen LogP contribution in [0.25, 0.3) is 0 Å². The van der Waals surface area contributed by atoms with Gasteiger partial charge in [0.15, 0.2) is 0 Å². The van der Waals surface area contributed by atoms with Gasteiger partial charge in [-0.05, 0) is 36.5 Å². The summed E-state index contributed by atoms with van der Waals surface area (Å²) in [7, 11) is 0.